The number of carbonyl (C=O) groups excluding carboxylic acids is 1. The molecule has 1 saturated carbocycles. The van der Waals surface area contributed by atoms with Gasteiger partial charge in [-0.2, -0.15) is 0 Å². The zero-order valence-electron chi connectivity index (χ0n) is 17.0. The van der Waals surface area contributed by atoms with E-state index in [1.807, 2.05) is 30.3 Å². The number of halogens is 1. The second-order valence-electron chi connectivity index (χ2n) is 7.38. The molecule has 0 radical (unpaired) electrons. The lowest BCUT2D eigenvalue weighted by molar-refractivity contribution is 0.101. The van der Waals surface area contributed by atoms with Gasteiger partial charge in [-0.3, -0.25) is 4.79 Å². The summed E-state index contributed by atoms with van der Waals surface area (Å²) in [6, 6.07) is 15.3. The summed E-state index contributed by atoms with van der Waals surface area (Å²) in [7, 11) is 3.77. The Balaban J connectivity index is 0.00000280. The number of Topliss-reactive ketones (excluding diaryl/α,β-unsaturated/α-hetero) is 1. The zero-order chi connectivity index (χ0) is 19.2. The monoisotopic (exact) mass is 402 g/mol. The van der Waals surface area contributed by atoms with E-state index >= 15 is 0 Å². The van der Waals surface area contributed by atoms with E-state index < -0.39 is 0 Å². The fourth-order valence-electron chi connectivity index (χ4n) is 3.85. The van der Waals surface area contributed by atoms with Crippen LogP contribution >= 0.6 is 12.4 Å². The van der Waals surface area contributed by atoms with Crippen molar-refractivity contribution in [2.24, 2.45) is 0 Å². The molecule has 28 heavy (non-hydrogen) atoms. The van der Waals surface area contributed by atoms with Gasteiger partial charge in [-0.1, -0.05) is 24.3 Å². The van der Waals surface area contributed by atoms with Crippen molar-refractivity contribution in [2.75, 3.05) is 14.2 Å². The van der Waals surface area contributed by atoms with E-state index in [-0.39, 0.29) is 18.2 Å². The first-order valence-electron chi connectivity index (χ1n) is 9.79. The van der Waals surface area contributed by atoms with Crippen molar-refractivity contribution >= 4 is 18.2 Å². The summed E-state index contributed by atoms with van der Waals surface area (Å²) in [4.78, 5) is 11.7. The van der Waals surface area contributed by atoms with E-state index in [0.717, 1.165) is 34.5 Å². The minimum atomic E-state index is 0. The predicted octanol–water partition coefficient (Wildman–Crippen LogP) is 4.61. The Kier molecular flexibility index (Phi) is 8.49. The van der Waals surface area contributed by atoms with E-state index in [2.05, 4.69) is 29.8 Å². The van der Waals surface area contributed by atoms with Gasteiger partial charge < -0.3 is 15.4 Å². The van der Waals surface area contributed by atoms with Crippen LogP contribution in [-0.2, 0) is 6.54 Å². The standard InChI is InChI=1S/C23H30N2O2.ClH/c1-16(26)17-5-4-6-18(13-17)19-7-12-23(27-3)20(14-19)15-25-22-10-8-21(24-2)9-11-22;/h4-7,12-14,21-22,24-25H,8-11,15H2,1-3H3;1H. The topological polar surface area (TPSA) is 50.4 Å². The SMILES string of the molecule is CNC1CCC(NCc2cc(-c3cccc(C(C)=O)c3)ccc2OC)CC1.Cl. The summed E-state index contributed by atoms with van der Waals surface area (Å²) in [5.41, 5.74) is 4.05. The first kappa shape index (κ1) is 22.4. The Morgan fingerprint density at radius 3 is 2.36 bits per heavy atom. The minimum absolute atomic E-state index is 0. The molecular formula is C23H31ClN2O2. The number of hydrogen-bond donors (Lipinski definition) is 2. The Labute approximate surface area is 174 Å². The molecule has 1 fully saturated rings. The summed E-state index contributed by atoms with van der Waals surface area (Å²) < 4.78 is 5.57. The highest BCUT2D eigenvalue weighted by Gasteiger charge is 2.19. The molecule has 2 N–H and O–H groups in total. The molecule has 0 atom stereocenters. The van der Waals surface area contributed by atoms with Crippen LogP contribution in [0.4, 0.5) is 0 Å². The molecule has 0 bridgehead atoms. The average Bonchev–Trinajstić information content (AvgIpc) is 2.72. The Morgan fingerprint density at radius 1 is 1.04 bits per heavy atom. The van der Waals surface area contributed by atoms with Gasteiger partial charge in [0.2, 0.25) is 0 Å². The van der Waals surface area contributed by atoms with E-state index in [1.54, 1.807) is 14.0 Å². The number of nitrogens with one attached hydrogen (secondary N) is 2. The third-order valence-electron chi connectivity index (χ3n) is 5.60. The van der Waals surface area contributed by atoms with Gasteiger partial charge in [0.05, 0.1) is 7.11 Å². The highest BCUT2D eigenvalue weighted by molar-refractivity contribution is 5.95. The van der Waals surface area contributed by atoms with Crippen LogP contribution in [0.25, 0.3) is 11.1 Å². The highest BCUT2D eigenvalue weighted by atomic mass is 35.5. The van der Waals surface area contributed by atoms with Crippen molar-refractivity contribution in [1.82, 2.24) is 10.6 Å². The van der Waals surface area contributed by atoms with Gasteiger partial charge in [-0.15, -0.1) is 12.4 Å². The second kappa shape index (κ2) is 10.6. The average molecular weight is 403 g/mol. The molecule has 0 spiro atoms. The normalized spacial score (nSPS) is 19.0. The number of rotatable bonds is 7. The van der Waals surface area contributed by atoms with Crippen LogP contribution in [0.2, 0.25) is 0 Å². The molecule has 1 aliphatic carbocycles. The quantitative estimate of drug-likeness (QED) is 0.664. The van der Waals surface area contributed by atoms with Gasteiger partial charge in [-0.25, -0.2) is 0 Å². The smallest absolute Gasteiger partial charge is 0.159 e. The molecular weight excluding hydrogens is 372 g/mol. The second-order valence-corrected chi connectivity index (χ2v) is 7.38. The third kappa shape index (κ3) is 5.57. The van der Waals surface area contributed by atoms with Crippen molar-refractivity contribution in [3.8, 4) is 16.9 Å². The van der Waals surface area contributed by atoms with Gasteiger partial charge >= 0.3 is 0 Å². The van der Waals surface area contributed by atoms with E-state index in [1.165, 1.54) is 25.7 Å². The molecule has 0 aromatic heterocycles. The third-order valence-corrected chi connectivity index (χ3v) is 5.60. The van der Waals surface area contributed by atoms with Gasteiger partial charge in [0.1, 0.15) is 5.75 Å². The molecule has 2 aromatic carbocycles. The molecule has 0 aliphatic heterocycles. The van der Waals surface area contributed by atoms with Crippen molar-refractivity contribution in [2.45, 2.75) is 51.2 Å². The van der Waals surface area contributed by atoms with E-state index in [4.69, 9.17) is 4.74 Å². The fourth-order valence-corrected chi connectivity index (χ4v) is 3.85. The van der Waals surface area contributed by atoms with Crippen LogP contribution in [0.1, 0.15) is 48.5 Å². The molecule has 1 aliphatic rings. The van der Waals surface area contributed by atoms with Crippen molar-refractivity contribution in [1.29, 1.82) is 0 Å². The number of ketones is 1. The van der Waals surface area contributed by atoms with Gasteiger partial charge in [-0.05, 0) is 69.0 Å². The van der Waals surface area contributed by atoms with Crippen LogP contribution in [0.5, 0.6) is 5.75 Å². The van der Waals surface area contributed by atoms with Crippen LogP contribution in [0.3, 0.4) is 0 Å². The van der Waals surface area contributed by atoms with Crippen molar-refractivity contribution in [3.63, 3.8) is 0 Å². The summed E-state index contributed by atoms with van der Waals surface area (Å²) in [5.74, 6) is 0.988. The van der Waals surface area contributed by atoms with Crippen LogP contribution in [-0.4, -0.2) is 32.0 Å². The Bertz CT molecular complexity index is 786. The maximum atomic E-state index is 11.7. The van der Waals surface area contributed by atoms with Crippen molar-refractivity contribution in [3.05, 3.63) is 53.6 Å². The summed E-state index contributed by atoms with van der Waals surface area (Å²) in [6.07, 6.45) is 4.86. The number of ether oxygens (including phenoxy) is 1. The summed E-state index contributed by atoms with van der Waals surface area (Å²) >= 11 is 0. The first-order valence-corrected chi connectivity index (χ1v) is 9.79. The molecule has 152 valence electrons. The maximum Gasteiger partial charge on any atom is 0.159 e. The number of benzene rings is 2. The zero-order valence-corrected chi connectivity index (χ0v) is 17.8. The number of hydrogen-bond acceptors (Lipinski definition) is 4. The molecule has 2 aromatic rings. The molecule has 0 heterocycles. The minimum Gasteiger partial charge on any atom is -0.496 e. The van der Waals surface area contributed by atoms with Crippen molar-refractivity contribution < 1.29 is 9.53 Å². The Hall–Kier alpha value is -1.88. The summed E-state index contributed by atoms with van der Waals surface area (Å²) in [6.45, 7) is 2.39. The summed E-state index contributed by atoms with van der Waals surface area (Å²) in [5, 5.41) is 7.09. The van der Waals surface area contributed by atoms with E-state index in [0.29, 0.717) is 12.1 Å². The highest BCUT2D eigenvalue weighted by Crippen LogP contribution is 2.28. The molecule has 0 saturated heterocycles. The predicted molar refractivity (Wildman–Crippen MR) is 118 cm³/mol. The van der Waals surface area contributed by atoms with Crippen LogP contribution in [0.15, 0.2) is 42.5 Å². The molecule has 4 nitrogen and oxygen atoms in total. The van der Waals surface area contributed by atoms with Gasteiger partial charge in [0.15, 0.2) is 5.78 Å². The maximum absolute atomic E-state index is 11.7. The molecule has 0 unspecified atom stereocenters. The lowest BCUT2D eigenvalue weighted by Crippen LogP contribution is -2.38. The fraction of sp³-hybridized carbons (Fsp3) is 0.435. The molecule has 3 rings (SSSR count). The van der Waals surface area contributed by atoms with E-state index in [9.17, 15) is 4.79 Å². The Morgan fingerprint density at radius 2 is 1.71 bits per heavy atom. The lowest BCUT2D eigenvalue weighted by atomic mass is 9.91. The first-order chi connectivity index (χ1) is 13.1. The molecule has 5 heteroatoms. The number of methoxy groups -OCH3 is 1. The van der Waals surface area contributed by atoms with Crippen LogP contribution in [0, 0.1) is 0 Å². The molecule has 0 amide bonds. The van der Waals surface area contributed by atoms with Gasteiger partial charge in [0.25, 0.3) is 0 Å². The largest absolute Gasteiger partial charge is 0.496 e. The lowest BCUT2D eigenvalue weighted by Gasteiger charge is -2.29. The number of carbonyl (C=O) groups is 1. The van der Waals surface area contributed by atoms with Gasteiger partial charge in [0, 0.05) is 29.8 Å². The van der Waals surface area contributed by atoms with Crippen LogP contribution < -0.4 is 15.4 Å².